The normalized spacial score (nSPS) is 10.0. The van der Waals surface area contributed by atoms with Crippen molar-refractivity contribution in [2.75, 3.05) is 7.11 Å². The minimum atomic E-state index is 0.846. The molecule has 17 heavy (non-hydrogen) atoms. The van der Waals surface area contributed by atoms with Crippen LogP contribution in [-0.2, 0) is 0 Å². The largest absolute Gasteiger partial charge is 0.497 e. The van der Waals surface area contributed by atoms with Crippen molar-refractivity contribution in [2.24, 2.45) is 0 Å². The predicted octanol–water partition coefficient (Wildman–Crippen LogP) is 4.52. The quantitative estimate of drug-likeness (QED) is 0.807. The summed E-state index contributed by atoms with van der Waals surface area (Å²) in [5.74, 6) is 0.846. The molecule has 0 fully saturated rings. The van der Waals surface area contributed by atoms with Crippen molar-refractivity contribution in [1.82, 2.24) is 0 Å². The van der Waals surface area contributed by atoms with Gasteiger partial charge >= 0.3 is 0 Å². The summed E-state index contributed by atoms with van der Waals surface area (Å²) in [6.07, 6.45) is 0. The Morgan fingerprint density at radius 1 is 1.06 bits per heavy atom. The summed E-state index contributed by atoms with van der Waals surface area (Å²) >= 11 is 3.47. The fourth-order valence-corrected chi connectivity index (χ4v) is 2.05. The third-order valence-electron chi connectivity index (χ3n) is 2.59. The van der Waals surface area contributed by atoms with E-state index in [2.05, 4.69) is 28.6 Å². The standard InChI is InChI=1S/C15H13BrO/c1-11(12-5-3-7-14(16)9-12)13-6-4-8-15(10-13)17-2/h3-10H,1H2,2H3. The van der Waals surface area contributed by atoms with Crippen molar-refractivity contribution < 1.29 is 4.74 Å². The van der Waals surface area contributed by atoms with Crippen LogP contribution in [0.4, 0.5) is 0 Å². The van der Waals surface area contributed by atoms with Crippen LogP contribution in [-0.4, -0.2) is 7.11 Å². The minimum Gasteiger partial charge on any atom is -0.497 e. The van der Waals surface area contributed by atoms with E-state index in [1.165, 1.54) is 0 Å². The first-order valence-electron chi connectivity index (χ1n) is 5.30. The van der Waals surface area contributed by atoms with Gasteiger partial charge in [-0.25, -0.2) is 0 Å². The molecule has 2 heteroatoms. The van der Waals surface area contributed by atoms with E-state index in [1.807, 2.05) is 42.5 Å². The van der Waals surface area contributed by atoms with Gasteiger partial charge in [0.05, 0.1) is 7.11 Å². The zero-order valence-electron chi connectivity index (χ0n) is 9.61. The molecule has 0 N–H and O–H groups in total. The van der Waals surface area contributed by atoms with Gasteiger partial charge in [-0.2, -0.15) is 0 Å². The van der Waals surface area contributed by atoms with E-state index in [4.69, 9.17) is 4.74 Å². The summed E-state index contributed by atoms with van der Waals surface area (Å²) in [6.45, 7) is 4.14. The number of hydrogen-bond donors (Lipinski definition) is 0. The fourth-order valence-electron chi connectivity index (χ4n) is 1.65. The van der Waals surface area contributed by atoms with Crippen LogP contribution in [0.25, 0.3) is 5.57 Å². The molecule has 0 aliphatic rings. The zero-order chi connectivity index (χ0) is 12.3. The molecule has 0 radical (unpaired) electrons. The molecule has 2 rings (SSSR count). The molecule has 0 bridgehead atoms. The van der Waals surface area contributed by atoms with E-state index in [-0.39, 0.29) is 0 Å². The van der Waals surface area contributed by atoms with Gasteiger partial charge in [0.15, 0.2) is 0 Å². The molecule has 0 atom stereocenters. The van der Waals surface area contributed by atoms with E-state index in [1.54, 1.807) is 7.11 Å². The number of hydrogen-bond acceptors (Lipinski definition) is 1. The molecule has 0 saturated heterocycles. The third kappa shape index (κ3) is 2.77. The SMILES string of the molecule is C=C(c1cccc(Br)c1)c1cccc(OC)c1. The molecule has 0 spiro atoms. The number of benzene rings is 2. The van der Waals surface area contributed by atoms with E-state index < -0.39 is 0 Å². The van der Waals surface area contributed by atoms with Crippen molar-refractivity contribution in [3.8, 4) is 5.75 Å². The Bertz CT molecular complexity index is 546. The highest BCUT2D eigenvalue weighted by atomic mass is 79.9. The third-order valence-corrected chi connectivity index (χ3v) is 3.08. The summed E-state index contributed by atoms with van der Waals surface area (Å²) in [4.78, 5) is 0. The second-order valence-corrected chi connectivity index (χ2v) is 4.64. The Morgan fingerprint density at radius 3 is 2.35 bits per heavy atom. The number of rotatable bonds is 3. The average Bonchev–Trinajstić information content (AvgIpc) is 2.38. The molecule has 0 aromatic heterocycles. The van der Waals surface area contributed by atoms with Crippen molar-refractivity contribution in [3.63, 3.8) is 0 Å². The average molecular weight is 289 g/mol. The van der Waals surface area contributed by atoms with Crippen LogP contribution in [0.1, 0.15) is 11.1 Å². The van der Waals surface area contributed by atoms with Crippen molar-refractivity contribution in [2.45, 2.75) is 0 Å². The van der Waals surface area contributed by atoms with E-state index >= 15 is 0 Å². The van der Waals surface area contributed by atoms with Crippen LogP contribution >= 0.6 is 15.9 Å². The maximum absolute atomic E-state index is 5.21. The highest BCUT2D eigenvalue weighted by molar-refractivity contribution is 9.10. The molecule has 0 heterocycles. The lowest BCUT2D eigenvalue weighted by atomic mass is 10.00. The van der Waals surface area contributed by atoms with Gasteiger partial charge < -0.3 is 4.74 Å². The fraction of sp³-hybridized carbons (Fsp3) is 0.0667. The molecular formula is C15H13BrO. The topological polar surface area (TPSA) is 9.23 Å². The minimum absolute atomic E-state index is 0.846. The van der Waals surface area contributed by atoms with E-state index in [0.717, 1.165) is 26.9 Å². The Morgan fingerprint density at radius 2 is 1.71 bits per heavy atom. The molecule has 2 aromatic carbocycles. The Labute approximate surface area is 110 Å². The van der Waals surface area contributed by atoms with Crippen LogP contribution in [0.2, 0.25) is 0 Å². The second kappa shape index (κ2) is 5.19. The Kier molecular flexibility index (Phi) is 3.64. The highest BCUT2D eigenvalue weighted by Crippen LogP contribution is 2.26. The van der Waals surface area contributed by atoms with Gasteiger partial charge in [0.25, 0.3) is 0 Å². The van der Waals surface area contributed by atoms with Crippen molar-refractivity contribution >= 4 is 21.5 Å². The molecule has 0 amide bonds. The predicted molar refractivity (Wildman–Crippen MR) is 75.3 cm³/mol. The van der Waals surface area contributed by atoms with E-state index in [0.29, 0.717) is 0 Å². The Hall–Kier alpha value is -1.54. The van der Waals surface area contributed by atoms with Gasteiger partial charge in [-0.1, -0.05) is 46.8 Å². The molecule has 0 saturated carbocycles. The summed E-state index contributed by atoms with van der Waals surface area (Å²) < 4.78 is 6.27. The van der Waals surface area contributed by atoms with Gasteiger partial charge in [0.1, 0.15) is 5.75 Å². The van der Waals surface area contributed by atoms with Gasteiger partial charge in [-0.3, -0.25) is 0 Å². The van der Waals surface area contributed by atoms with Gasteiger partial charge in [0, 0.05) is 4.47 Å². The lowest BCUT2D eigenvalue weighted by molar-refractivity contribution is 0.414. The summed E-state index contributed by atoms with van der Waals surface area (Å²) in [5.41, 5.74) is 3.17. The number of methoxy groups -OCH3 is 1. The lowest BCUT2D eigenvalue weighted by Gasteiger charge is -2.08. The van der Waals surface area contributed by atoms with Crippen LogP contribution in [0.15, 0.2) is 59.6 Å². The Balaban J connectivity index is 2.36. The van der Waals surface area contributed by atoms with Crippen LogP contribution in [0.3, 0.4) is 0 Å². The summed E-state index contributed by atoms with van der Waals surface area (Å²) in [7, 11) is 1.67. The molecule has 1 nitrogen and oxygen atoms in total. The van der Waals surface area contributed by atoms with Crippen molar-refractivity contribution in [1.29, 1.82) is 0 Å². The van der Waals surface area contributed by atoms with Gasteiger partial charge in [0.2, 0.25) is 0 Å². The summed E-state index contributed by atoms with van der Waals surface area (Å²) in [6, 6.07) is 16.0. The van der Waals surface area contributed by atoms with Gasteiger partial charge in [-0.05, 0) is 41.0 Å². The molecule has 0 aliphatic carbocycles. The van der Waals surface area contributed by atoms with Crippen LogP contribution in [0.5, 0.6) is 5.75 Å². The molecule has 2 aromatic rings. The first kappa shape index (κ1) is 11.9. The first-order valence-corrected chi connectivity index (χ1v) is 6.09. The van der Waals surface area contributed by atoms with Gasteiger partial charge in [-0.15, -0.1) is 0 Å². The summed E-state index contributed by atoms with van der Waals surface area (Å²) in [5, 5.41) is 0. The number of halogens is 1. The smallest absolute Gasteiger partial charge is 0.119 e. The zero-order valence-corrected chi connectivity index (χ0v) is 11.2. The monoisotopic (exact) mass is 288 g/mol. The lowest BCUT2D eigenvalue weighted by Crippen LogP contribution is -1.88. The maximum atomic E-state index is 5.21. The van der Waals surface area contributed by atoms with Crippen LogP contribution < -0.4 is 4.74 Å². The highest BCUT2D eigenvalue weighted by Gasteiger charge is 2.03. The molecule has 86 valence electrons. The molecule has 0 aliphatic heterocycles. The molecular weight excluding hydrogens is 276 g/mol. The van der Waals surface area contributed by atoms with Crippen molar-refractivity contribution in [3.05, 3.63) is 70.7 Å². The molecule has 0 unspecified atom stereocenters. The maximum Gasteiger partial charge on any atom is 0.119 e. The first-order chi connectivity index (χ1) is 8.20. The number of ether oxygens (including phenoxy) is 1. The van der Waals surface area contributed by atoms with E-state index in [9.17, 15) is 0 Å². The van der Waals surface area contributed by atoms with Crippen LogP contribution in [0, 0.1) is 0 Å². The second-order valence-electron chi connectivity index (χ2n) is 3.72.